The molecular weight excluding hydrogens is 358 g/mol. The smallest absolute Gasteiger partial charge is 0.191 e. The molecule has 1 aromatic carbocycles. The number of nitrogens with one attached hydrogen (secondary N) is 2. The van der Waals surface area contributed by atoms with Crippen LogP contribution in [0.3, 0.4) is 0 Å². The number of guanidine groups is 1. The lowest BCUT2D eigenvalue weighted by Gasteiger charge is -2.20. The normalized spacial score (nSPS) is 13.7. The molecular formula is C20H31N5O3. The Morgan fingerprint density at radius 1 is 1.29 bits per heavy atom. The molecule has 8 nitrogen and oxygen atoms in total. The fraction of sp³-hybridized carbons (Fsp3) is 0.500. The van der Waals surface area contributed by atoms with Crippen molar-refractivity contribution in [1.29, 1.82) is 0 Å². The van der Waals surface area contributed by atoms with Crippen molar-refractivity contribution in [2.24, 2.45) is 12.0 Å². The molecule has 0 amide bonds. The molecule has 1 atom stereocenters. The average molecular weight is 390 g/mol. The van der Waals surface area contributed by atoms with E-state index in [2.05, 4.69) is 20.7 Å². The van der Waals surface area contributed by atoms with Crippen molar-refractivity contribution >= 4 is 5.96 Å². The van der Waals surface area contributed by atoms with E-state index >= 15 is 0 Å². The van der Waals surface area contributed by atoms with Crippen LogP contribution in [0.4, 0.5) is 0 Å². The molecule has 0 radical (unpaired) electrons. The second-order valence-electron chi connectivity index (χ2n) is 6.73. The molecule has 0 bridgehead atoms. The molecule has 0 spiro atoms. The predicted octanol–water partition coefficient (Wildman–Crippen LogP) is 1.44. The van der Waals surface area contributed by atoms with Crippen LogP contribution in [0.1, 0.15) is 25.0 Å². The van der Waals surface area contributed by atoms with Gasteiger partial charge in [0.15, 0.2) is 5.96 Å². The Morgan fingerprint density at radius 3 is 2.68 bits per heavy atom. The molecule has 0 aliphatic carbocycles. The van der Waals surface area contributed by atoms with E-state index in [4.69, 9.17) is 9.47 Å². The van der Waals surface area contributed by atoms with Crippen LogP contribution in [0.5, 0.6) is 11.5 Å². The second kappa shape index (κ2) is 9.98. The van der Waals surface area contributed by atoms with Gasteiger partial charge in [-0.05, 0) is 44.0 Å². The molecule has 0 fully saturated rings. The van der Waals surface area contributed by atoms with Gasteiger partial charge in [-0.3, -0.25) is 4.68 Å². The fourth-order valence-corrected chi connectivity index (χ4v) is 2.76. The number of aliphatic imine (C=N–C) groups is 1. The first-order valence-corrected chi connectivity index (χ1v) is 9.34. The van der Waals surface area contributed by atoms with Crippen LogP contribution in [-0.4, -0.2) is 54.7 Å². The van der Waals surface area contributed by atoms with E-state index < -0.39 is 5.60 Å². The maximum atomic E-state index is 10.7. The molecule has 0 aliphatic rings. The van der Waals surface area contributed by atoms with Crippen molar-refractivity contribution < 1.29 is 14.6 Å². The van der Waals surface area contributed by atoms with Crippen molar-refractivity contribution in [3.63, 3.8) is 0 Å². The van der Waals surface area contributed by atoms with E-state index in [1.165, 1.54) is 0 Å². The van der Waals surface area contributed by atoms with Crippen LogP contribution in [0.25, 0.3) is 0 Å². The molecule has 0 aliphatic heterocycles. The number of aromatic nitrogens is 2. The number of hydrogen-bond donors (Lipinski definition) is 3. The molecule has 3 N–H and O–H groups in total. The van der Waals surface area contributed by atoms with Gasteiger partial charge < -0.3 is 25.2 Å². The quantitative estimate of drug-likeness (QED) is 0.444. The van der Waals surface area contributed by atoms with Crippen molar-refractivity contribution in [3.05, 3.63) is 41.7 Å². The summed E-state index contributed by atoms with van der Waals surface area (Å²) in [6, 6.07) is 5.75. The van der Waals surface area contributed by atoms with Crippen LogP contribution < -0.4 is 20.1 Å². The summed E-state index contributed by atoms with van der Waals surface area (Å²) in [5.74, 6) is 2.27. The first kappa shape index (κ1) is 21.6. The van der Waals surface area contributed by atoms with Crippen LogP contribution in [0.15, 0.2) is 35.6 Å². The highest BCUT2D eigenvalue weighted by atomic mass is 16.5. The van der Waals surface area contributed by atoms with Crippen molar-refractivity contribution in [2.45, 2.75) is 25.9 Å². The topological polar surface area (TPSA) is 92.9 Å². The van der Waals surface area contributed by atoms with Crippen molar-refractivity contribution in [2.75, 3.05) is 33.9 Å². The van der Waals surface area contributed by atoms with Crippen LogP contribution in [0, 0.1) is 0 Å². The lowest BCUT2D eigenvalue weighted by Crippen LogP contribution is -2.39. The lowest BCUT2D eigenvalue weighted by atomic mass is 10.0. The minimum Gasteiger partial charge on any atom is -0.497 e. The molecule has 2 aromatic rings. The maximum absolute atomic E-state index is 10.7. The minimum atomic E-state index is -1.09. The number of methoxy groups -OCH3 is 2. The minimum absolute atomic E-state index is 0.219. The van der Waals surface area contributed by atoms with E-state index in [0.717, 1.165) is 35.6 Å². The second-order valence-corrected chi connectivity index (χ2v) is 6.73. The number of hydrogen-bond acceptors (Lipinski definition) is 5. The summed E-state index contributed by atoms with van der Waals surface area (Å²) in [5, 5.41) is 21.3. The first-order valence-electron chi connectivity index (χ1n) is 9.34. The van der Waals surface area contributed by atoms with E-state index in [1.807, 2.05) is 32.2 Å². The molecule has 28 heavy (non-hydrogen) atoms. The van der Waals surface area contributed by atoms with Crippen molar-refractivity contribution in [3.8, 4) is 11.5 Å². The largest absolute Gasteiger partial charge is 0.497 e. The summed E-state index contributed by atoms with van der Waals surface area (Å²) in [4.78, 5) is 4.53. The SMILES string of the molecule is CCNC(=NCC(C)(O)c1cnn(C)c1)NCCc1cc(OC)ccc1OC. The fourth-order valence-electron chi connectivity index (χ4n) is 2.76. The molecule has 2 rings (SSSR count). The molecule has 1 unspecified atom stereocenters. The standard InChI is InChI=1S/C20H31N5O3/c1-6-21-19(23-14-20(2,26)16-12-24-25(3)13-16)22-10-9-15-11-17(27-4)7-8-18(15)28-5/h7-8,11-13,26H,6,9-10,14H2,1-5H3,(H2,21,22,23). The zero-order chi connectivity index (χ0) is 20.6. The summed E-state index contributed by atoms with van der Waals surface area (Å²) in [7, 11) is 5.13. The van der Waals surface area contributed by atoms with Gasteiger partial charge in [0.25, 0.3) is 0 Å². The number of benzene rings is 1. The Labute approximate surface area is 166 Å². The number of ether oxygens (including phenoxy) is 2. The lowest BCUT2D eigenvalue weighted by molar-refractivity contribution is 0.0672. The molecule has 1 heterocycles. The summed E-state index contributed by atoms with van der Waals surface area (Å²) >= 11 is 0. The summed E-state index contributed by atoms with van der Waals surface area (Å²) in [5.41, 5.74) is 0.690. The van der Waals surface area contributed by atoms with Gasteiger partial charge in [-0.1, -0.05) is 0 Å². The Morgan fingerprint density at radius 2 is 2.07 bits per heavy atom. The van der Waals surface area contributed by atoms with Gasteiger partial charge in [-0.2, -0.15) is 5.10 Å². The van der Waals surface area contributed by atoms with Gasteiger partial charge in [-0.25, -0.2) is 4.99 Å². The Balaban J connectivity index is 2.00. The van der Waals surface area contributed by atoms with E-state index in [0.29, 0.717) is 12.5 Å². The zero-order valence-corrected chi connectivity index (χ0v) is 17.3. The summed E-state index contributed by atoms with van der Waals surface area (Å²) in [6.07, 6.45) is 4.19. The Kier molecular flexibility index (Phi) is 7.69. The molecule has 0 saturated heterocycles. The summed E-state index contributed by atoms with van der Waals surface area (Å²) < 4.78 is 12.4. The molecule has 0 saturated carbocycles. The Bertz CT molecular complexity index is 786. The van der Waals surface area contributed by atoms with Crippen LogP contribution in [0.2, 0.25) is 0 Å². The molecule has 8 heteroatoms. The van der Waals surface area contributed by atoms with Gasteiger partial charge in [0.1, 0.15) is 17.1 Å². The van der Waals surface area contributed by atoms with Gasteiger partial charge >= 0.3 is 0 Å². The van der Waals surface area contributed by atoms with Crippen LogP contribution >= 0.6 is 0 Å². The highest BCUT2D eigenvalue weighted by Gasteiger charge is 2.24. The predicted molar refractivity (Wildman–Crippen MR) is 110 cm³/mol. The highest BCUT2D eigenvalue weighted by molar-refractivity contribution is 5.79. The van der Waals surface area contributed by atoms with Crippen molar-refractivity contribution in [1.82, 2.24) is 20.4 Å². The van der Waals surface area contributed by atoms with Gasteiger partial charge in [0, 0.05) is 31.9 Å². The maximum Gasteiger partial charge on any atom is 0.191 e. The van der Waals surface area contributed by atoms with E-state index in [9.17, 15) is 5.11 Å². The zero-order valence-electron chi connectivity index (χ0n) is 17.3. The third-order valence-electron chi connectivity index (χ3n) is 4.39. The van der Waals surface area contributed by atoms with Gasteiger partial charge in [0.05, 0.1) is 27.0 Å². The molecule has 1 aromatic heterocycles. The number of aryl methyl sites for hydroxylation is 1. The number of rotatable bonds is 9. The highest BCUT2D eigenvalue weighted by Crippen LogP contribution is 2.24. The first-order chi connectivity index (χ1) is 13.4. The number of nitrogens with zero attached hydrogens (tertiary/aromatic N) is 3. The third kappa shape index (κ3) is 5.88. The van der Waals surface area contributed by atoms with Crippen LogP contribution in [-0.2, 0) is 19.1 Å². The van der Waals surface area contributed by atoms with E-state index in [-0.39, 0.29) is 6.54 Å². The average Bonchev–Trinajstić information content (AvgIpc) is 3.13. The van der Waals surface area contributed by atoms with E-state index in [1.54, 1.807) is 38.2 Å². The van der Waals surface area contributed by atoms with Gasteiger partial charge in [0.2, 0.25) is 0 Å². The number of aliphatic hydroxyl groups is 1. The third-order valence-corrected chi connectivity index (χ3v) is 4.39. The monoisotopic (exact) mass is 389 g/mol. The van der Waals surface area contributed by atoms with Gasteiger partial charge in [-0.15, -0.1) is 0 Å². The molecule has 154 valence electrons. The Hall–Kier alpha value is -2.74. The summed E-state index contributed by atoms with van der Waals surface area (Å²) in [6.45, 7) is 5.34.